The van der Waals surface area contributed by atoms with Crippen LogP contribution < -0.4 is 16.4 Å². The minimum atomic E-state index is -0.932. The Labute approximate surface area is 193 Å². The van der Waals surface area contributed by atoms with Crippen molar-refractivity contribution in [3.05, 3.63) is 76.7 Å². The van der Waals surface area contributed by atoms with Crippen LogP contribution in [0, 0.1) is 12.3 Å². The maximum absolute atomic E-state index is 12.5. The van der Waals surface area contributed by atoms with Crippen LogP contribution in [0.3, 0.4) is 0 Å². The number of nitrogens with one attached hydrogen (secondary N) is 2. The molecule has 0 radical (unpaired) electrons. The Balaban J connectivity index is 1.54. The molecule has 0 saturated carbocycles. The fourth-order valence-corrected chi connectivity index (χ4v) is 3.88. The molecule has 0 aliphatic heterocycles. The van der Waals surface area contributed by atoms with Crippen LogP contribution in [-0.4, -0.2) is 28.7 Å². The number of aromatic nitrogens is 2. The number of benzene rings is 2. The molecule has 8 nitrogen and oxygen atoms in total. The van der Waals surface area contributed by atoms with Gasteiger partial charge in [0.25, 0.3) is 0 Å². The molecule has 2 aromatic heterocycles. The number of hydrogen-bond acceptors (Lipinski definition) is 6. The number of anilines is 1. The fourth-order valence-electron chi connectivity index (χ4n) is 3.33. The van der Waals surface area contributed by atoms with Gasteiger partial charge in [0.05, 0.1) is 11.6 Å². The average molecular weight is 458 g/mol. The van der Waals surface area contributed by atoms with Gasteiger partial charge in [0, 0.05) is 22.5 Å². The fraction of sp³-hybridized carbons (Fsp3) is 0.0833. The van der Waals surface area contributed by atoms with Crippen LogP contribution in [0.4, 0.5) is 15.4 Å². The molecule has 2 aromatic carbocycles. The molecule has 0 fully saturated rings. The van der Waals surface area contributed by atoms with Crippen LogP contribution in [0.15, 0.2) is 66.2 Å². The highest BCUT2D eigenvalue weighted by Gasteiger charge is 2.18. The number of carbonyl (C=O) groups is 2. The second-order valence-corrected chi connectivity index (χ2v) is 7.82. The van der Waals surface area contributed by atoms with Crippen LogP contribution >= 0.6 is 11.3 Å². The second kappa shape index (κ2) is 9.80. The molecule has 4 N–H and O–H groups in total. The molecule has 33 heavy (non-hydrogen) atoms. The van der Waals surface area contributed by atoms with E-state index in [0.717, 1.165) is 27.6 Å². The lowest BCUT2D eigenvalue weighted by Crippen LogP contribution is -2.36. The van der Waals surface area contributed by atoms with Gasteiger partial charge in [-0.1, -0.05) is 48.5 Å². The summed E-state index contributed by atoms with van der Waals surface area (Å²) < 4.78 is 4.95. The number of nitrogens with zero attached hydrogens (tertiary/aromatic N) is 2. The molecule has 0 saturated heterocycles. The Kier molecular flexibility index (Phi) is 6.48. The number of thiazole rings is 1. The standard InChI is InChI=1S/C24H19N5O3S/c1-2-21-28-20(14-33-21)29-24(31)27-19(13-32-23(25)30)16-10-8-15(9-11-16)18-7-3-5-17-6-4-12-26-22(17)18/h1,3-12,14,19H,13H2,(H2,25,30)(H2,27,29,31). The number of urea groups is 1. The van der Waals surface area contributed by atoms with Crippen LogP contribution in [0.1, 0.15) is 16.6 Å². The van der Waals surface area contributed by atoms with Crippen molar-refractivity contribution in [2.75, 3.05) is 11.9 Å². The quantitative estimate of drug-likeness (QED) is 0.373. The first-order chi connectivity index (χ1) is 16.0. The predicted molar refractivity (Wildman–Crippen MR) is 128 cm³/mol. The van der Waals surface area contributed by atoms with E-state index < -0.39 is 18.2 Å². The number of para-hydroxylation sites is 1. The van der Waals surface area contributed by atoms with Crippen molar-refractivity contribution in [1.29, 1.82) is 0 Å². The van der Waals surface area contributed by atoms with Crippen molar-refractivity contribution in [2.45, 2.75) is 6.04 Å². The van der Waals surface area contributed by atoms with Gasteiger partial charge < -0.3 is 15.8 Å². The lowest BCUT2D eigenvalue weighted by atomic mass is 9.99. The van der Waals surface area contributed by atoms with Crippen LogP contribution in [0.5, 0.6) is 0 Å². The molecule has 3 amide bonds. The molecular formula is C24H19N5O3S. The van der Waals surface area contributed by atoms with E-state index in [1.807, 2.05) is 54.6 Å². The van der Waals surface area contributed by atoms with E-state index in [4.69, 9.17) is 16.9 Å². The average Bonchev–Trinajstić information content (AvgIpc) is 3.29. The van der Waals surface area contributed by atoms with Gasteiger partial charge in [-0.2, -0.15) is 0 Å². The number of pyridine rings is 1. The Bertz CT molecular complexity index is 1340. The lowest BCUT2D eigenvalue weighted by molar-refractivity contribution is 0.144. The largest absolute Gasteiger partial charge is 0.447 e. The molecule has 4 rings (SSSR count). The van der Waals surface area contributed by atoms with Gasteiger partial charge in [-0.15, -0.1) is 17.8 Å². The van der Waals surface area contributed by atoms with E-state index >= 15 is 0 Å². The summed E-state index contributed by atoms with van der Waals surface area (Å²) in [6.45, 7) is -0.134. The van der Waals surface area contributed by atoms with Crippen LogP contribution in [0.25, 0.3) is 22.0 Å². The van der Waals surface area contributed by atoms with Gasteiger partial charge in [0.2, 0.25) is 0 Å². The number of nitrogens with two attached hydrogens (primary N) is 1. The molecule has 0 aliphatic rings. The van der Waals surface area contributed by atoms with Crippen molar-refractivity contribution in [3.63, 3.8) is 0 Å². The highest BCUT2D eigenvalue weighted by Crippen LogP contribution is 2.28. The van der Waals surface area contributed by atoms with Crippen LogP contribution in [-0.2, 0) is 4.74 Å². The van der Waals surface area contributed by atoms with Gasteiger partial charge >= 0.3 is 12.1 Å². The summed E-state index contributed by atoms with van der Waals surface area (Å²) in [6, 6.07) is 16.3. The topological polar surface area (TPSA) is 119 Å². The van der Waals surface area contributed by atoms with Gasteiger partial charge in [-0.3, -0.25) is 10.3 Å². The third-order valence-electron chi connectivity index (χ3n) is 4.82. The molecule has 4 aromatic rings. The maximum Gasteiger partial charge on any atom is 0.404 e. The number of fused-ring (bicyclic) bond motifs is 1. The predicted octanol–water partition coefficient (Wildman–Crippen LogP) is 4.30. The van der Waals surface area contributed by atoms with Crippen molar-refractivity contribution < 1.29 is 14.3 Å². The van der Waals surface area contributed by atoms with Gasteiger partial charge in [0.15, 0.2) is 5.01 Å². The zero-order chi connectivity index (χ0) is 23.2. The number of carbonyl (C=O) groups excluding carboxylic acids is 2. The minimum Gasteiger partial charge on any atom is -0.447 e. The summed E-state index contributed by atoms with van der Waals surface area (Å²) >= 11 is 1.24. The zero-order valence-corrected chi connectivity index (χ0v) is 18.1. The Morgan fingerprint density at radius 2 is 1.94 bits per heavy atom. The number of terminal acetylenes is 1. The Hall–Kier alpha value is -4.42. The van der Waals surface area contributed by atoms with E-state index in [0.29, 0.717) is 10.8 Å². The summed E-state index contributed by atoms with van der Waals surface area (Å²) in [5, 5.41) is 8.52. The number of amides is 3. The highest BCUT2D eigenvalue weighted by molar-refractivity contribution is 7.10. The van der Waals surface area contributed by atoms with Gasteiger partial charge in [0.1, 0.15) is 12.4 Å². The van der Waals surface area contributed by atoms with Gasteiger partial charge in [-0.25, -0.2) is 14.6 Å². The second-order valence-electron chi connectivity index (χ2n) is 6.97. The zero-order valence-electron chi connectivity index (χ0n) is 17.3. The van der Waals surface area contributed by atoms with Crippen molar-refractivity contribution in [2.24, 2.45) is 5.73 Å². The number of hydrogen-bond donors (Lipinski definition) is 3. The summed E-state index contributed by atoms with van der Waals surface area (Å²) in [4.78, 5) is 32.2. The molecule has 0 aliphatic carbocycles. The van der Waals surface area contributed by atoms with E-state index in [-0.39, 0.29) is 6.61 Å². The van der Waals surface area contributed by atoms with E-state index in [2.05, 4.69) is 26.5 Å². The third-order valence-corrected chi connectivity index (χ3v) is 5.60. The van der Waals surface area contributed by atoms with E-state index in [9.17, 15) is 9.59 Å². The smallest absolute Gasteiger partial charge is 0.404 e. The summed E-state index contributed by atoms with van der Waals surface area (Å²) in [6.07, 6.45) is 6.14. The summed E-state index contributed by atoms with van der Waals surface area (Å²) in [5.74, 6) is 2.74. The monoisotopic (exact) mass is 457 g/mol. The van der Waals surface area contributed by atoms with Crippen molar-refractivity contribution in [3.8, 4) is 23.5 Å². The van der Waals surface area contributed by atoms with Crippen molar-refractivity contribution >= 4 is 40.2 Å². The van der Waals surface area contributed by atoms with Crippen LogP contribution in [0.2, 0.25) is 0 Å². The first-order valence-electron chi connectivity index (χ1n) is 9.89. The van der Waals surface area contributed by atoms with Crippen molar-refractivity contribution in [1.82, 2.24) is 15.3 Å². The molecule has 0 bridgehead atoms. The minimum absolute atomic E-state index is 0.134. The SMILES string of the molecule is C#Cc1nc(NC(=O)NC(COC(N)=O)c2ccc(-c3cccc4cccnc34)cc2)cs1. The lowest BCUT2D eigenvalue weighted by Gasteiger charge is -2.19. The number of primary amides is 1. The number of ether oxygens (including phenoxy) is 1. The molecule has 0 spiro atoms. The molecule has 9 heteroatoms. The highest BCUT2D eigenvalue weighted by atomic mass is 32.1. The molecule has 2 heterocycles. The molecular weight excluding hydrogens is 438 g/mol. The Morgan fingerprint density at radius 1 is 1.15 bits per heavy atom. The maximum atomic E-state index is 12.5. The van der Waals surface area contributed by atoms with Gasteiger partial charge in [-0.05, 0) is 23.1 Å². The van der Waals surface area contributed by atoms with E-state index in [1.165, 1.54) is 11.3 Å². The first kappa shape index (κ1) is 21.8. The molecule has 1 unspecified atom stereocenters. The third kappa shape index (κ3) is 5.26. The number of rotatable bonds is 6. The Morgan fingerprint density at radius 3 is 2.67 bits per heavy atom. The summed E-state index contributed by atoms with van der Waals surface area (Å²) in [5.41, 5.74) is 8.70. The molecule has 164 valence electrons. The summed E-state index contributed by atoms with van der Waals surface area (Å²) in [7, 11) is 0. The molecule has 1 atom stereocenters. The first-order valence-corrected chi connectivity index (χ1v) is 10.8. The van der Waals surface area contributed by atoms with E-state index in [1.54, 1.807) is 11.6 Å². The normalized spacial score (nSPS) is 11.4.